The van der Waals surface area contributed by atoms with Crippen LogP contribution in [-0.2, 0) is 20.7 Å². The lowest BCUT2D eigenvalue weighted by Crippen LogP contribution is -2.24. The molecule has 0 atom stereocenters. The topological polar surface area (TPSA) is 73.9 Å². The molecule has 0 aromatic heterocycles. The van der Waals surface area contributed by atoms with Gasteiger partial charge in [-0.25, -0.2) is 4.79 Å². The number of rotatable bonds is 10. The van der Waals surface area contributed by atoms with Crippen LogP contribution in [0.5, 0.6) is 11.5 Å². The van der Waals surface area contributed by atoms with E-state index in [2.05, 4.69) is 25.7 Å². The fraction of sp³-hybridized carbons (Fsp3) is 0.333. The second-order valence-corrected chi connectivity index (χ2v) is 7.17. The molecule has 30 heavy (non-hydrogen) atoms. The first-order valence-corrected chi connectivity index (χ1v) is 9.81. The standard InChI is InChI=1S/C24H29NO5/c1-6-8-18-11-12-20(21(13-18)28-5)29-15-23(27)30-14-22(26)25-24-17(4)9-7-10-19(24)16(2)3/h6-7,9-13,16H,1,8,14-15H2,2-5H3,(H,25,26). The third-order valence-electron chi connectivity index (χ3n) is 4.51. The molecule has 0 spiro atoms. The SMILES string of the molecule is C=CCc1ccc(OCC(=O)OCC(=O)Nc2c(C)cccc2C(C)C)c(OC)c1. The first kappa shape index (κ1) is 23.0. The van der Waals surface area contributed by atoms with E-state index in [1.807, 2.05) is 37.3 Å². The van der Waals surface area contributed by atoms with Gasteiger partial charge >= 0.3 is 5.97 Å². The van der Waals surface area contributed by atoms with Crippen molar-refractivity contribution in [3.05, 3.63) is 65.7 Å². The van der Waals surface area contributed by atoms with Crippen LogP contribution in [-0.4, -0.2) is 32.2 Å². The summed E-state index contributed by atoms with van der Waals surface area (Å²) < 4.78 is 15.8. The molecule has 0 bridgehead atoms. The second kappa shape index (κ2) is 11.0. The zero-order chi connectivity index (χ0) is 22.1. The van der Waals surface area contributed by atoms with Gasteiger partial charge in [0.05, 0.1) is 7.11 Å². The van der Waals surface area contributed by atoms with Gasteiger partial charge in [-0.2, -0.15) is 0 Å². The van der Waals surface area contributed by atoms with Gasteiger partial charge in [0.15, 0.2) is 24.7 Å². The summed E-state index contributed by atoms with van der Waals surface area (Å²) in [5, 5.41) is 2.84. The van der Waals surface area contributed by atoms with Gasteiger partial charge in [-0.1, -0.05) is 44.2 Å². The van der Waals surface area contributed by atoms with Gasteiger partial charge in [0.25, 0.3) is 5.91 Å². The normalized spacial score (nSPS) is 10.4. The zero-order valence-electron chi connectivity index (χ0n) is 18.0. The third kappa shape index (κ3) is 6.37. The molecular formula is C24H29NO5. The third-order valence-corrected chi connectivity index (χ3v) is 4.51. The number of amides is 1. The Morgan fingerprint density at radius 2 is 1.90 bits per heavy atom. The first-order chi connectivity index (χ1) is 14.3. The summed E-state index contributed by atoms with van der Waals surface area (Å²) in [5.41, 5.74) is 3.76. The summed E-state index contributed by atoms with van der Waals surface area (Å²) in [4.78, 5) is 24.3. The lowest BCUT2D eigenvalue weighted by molar-refractivity contribution is -0.149. The highest BCUT2D eigenvalue weighted by Gasteiger charge is 2.14. The highest BCUT2D eigenvalue weighted by Crippen LogP contribution is 2.29. The van der Waals surface area contributed by atoms with Crippen molar-refractivity contribution >= 4 is 17.6 Å². The number of hydrogen-bond acceptors (Lipinski definition) is 5. The van der Waals surface area contributed by atoms with Crippen molar-refractivity contribution in [3.63, 3.8) is 0 Å². The Kier molecular flexibility index (Phi) is 8.47. The lowest BCUT2D eigenvalue weighted by Gasteiger charge is -2.16. The average molecular weight is 411 g/mol. The van der Waals surface area contributed by atoms with E-state index in [0.29, 0.717) is 17.9 Å². The van der Waals surface area contributed by atoms with Gasteiger partial charge < -0.3 is 19.5 Å². The summed E-state index contributed by atoms with van der Waals surface area (Å²) in [6.45, 7) is 9.03. The maximum Gasteiger partial charge on any atom is 0.344 e. The fourth-order valence-electron chi connectivity index (χ4n) is 2.97. The van der Waals surface area contributed by atoms with E-state index < -0.39 is 11.9 Å². The summed E-state index contributed by atoms with van der Waals surface area (Å²) in [7, 11) is 1.53. The van der Waals surface area contributed by atoms with E-state index >= 15 is 0 Å². The van der Waals surface area contributed by atoms with Crippen molar-refractivity contribution < 1.29 is 23.8 Å². The van der Waals surface area contributed by atoms with Crippen molar-refractivity contribution in [1.29, 1.82) is 0 Å². The number of anilines is 1. The number of para-hydroxylation sites is 1. The average Bonchev–Trinajstić information content (AvgIpc) is 2.72. The van der Waals surface area contributed by atoms with Gasteiger partial charge in [-0.05, 0) is 48.1 Å². The van der Waals surface area contributed by atoms with Crippen molar-refractivity contribution in [2.75, 3.05) is 25.6 Å². The molecule has 1 N–H and O–H groups in total. The summed E-state index contributed by atoms with van der Waals surface area (Å²) in [6.07, 6.45) is 2.49. The number of carbonyl (C=O) groups excluding carboxylic acids is 2. The molecule has 2 aromatic carbocycles. The number of allylic oxidation sites excluding steroid dienone is 1. The molecule has 2 rings (SSSR count). The van der Waals surface area contributed by atoms with Crippen molar-refractivity contribution in [3.8, 4) is 11.5 Å². The van der Waals surface area contributed by atoms with Crippen LogP contribution in [0, 0.1) is 6.92 Å². The van der Waals surface area contributed by atoms with Crippen LogP contribution in [0.3, 0.4) is 0 Å². The molecule has 0 radical (unpaired) electrons. The molecule has 0 unspecified atom stereocenters. The van der Waals surface area contributed by atoms with E-state index in [4.69, 9.17) is 14.2 Å². The number of aryl methyl sites for hydroxylation is 1. The molecular weight excluding hydrogens is 382 g/mol. The molecule has 2 aromatic rings. The van der Waals surface area contributed by atoms with Crippen molar-refractivity contribution in [2.24, 2.45) is 0 Å². The molecule has 0 aliphatic rings. The van der Waals surface area contributed by atoms with Gasteiger partial charge in [0, 0.05) is 5.69 Å². The Morgan fingerprint density at radius 3 is 2.57 bits per heavy atom. The molecule has 160 valence electrons. The van der Waals surface area contributed by atoms with E-state index in [1.54, 1.807) is 12.1 Å². The summed E-state index contributed by atoms with van der Waals surface area (Å²) >= 11 is 0. The van der Waals surface area contributed by atoms with Gasteiger partial charge in [-0.15, -0.1) is 6.58 Å². The Hall–Kier alpha value is -3.28. The quantitative estimate of drug-likeness (QED) is 0.463. The van der Waals surface area contributed by atoms with E-state index in [0.717, 1.165) is 22.4 Å². The Balaban J connectivity index is 1.88. The van der Waals surface area contributed by atoms with E-state index in [-0.39, 0.29) is 19.1 Å². The number of benzene rings is 2. The minimum absolute atomic E-state index is 0.254. The lowest BCUT2D eigenvalue weighted by atomic mass is 9.98. The van der Waals surface area contributed by atoms with Crippen LogP contribution in [0.15, 0.2) is 49.1 Å². The highest BCUT2D eigenvalue weighted by molar-refractivity contribution is 5.94. The minimum Gasteiger partial charge on any atom is -0.493 e. The molecule has 0 heterocycles. The molecule has 0 aliphatic carbocycles. The molecule has 1 amide bonds. The highest BCUT2D eigenvalue weighted by atomic mass is 16.6. The number of hydrogen-bond donors (Lipinski definition) is 1. The monoisotopic (exact) mass is 411 g/mol. The number of methoxy groups -OCH3 is 1. The molecule has 0 aliphatic heterocycles. The maximum absolute atomic E-state index is 12.3. The van der Waals surface area contributed by atoms with Crippen LogP contribution in [0.1, 0.15) is 36.5 Å². The number of ether oxygens (including phenoxy) is 3. The summed E-state index contributed by atoms with van der Waals surface area (Å²) in [5.74, 6) is 0.153. The van der Waals surface area contributed by atoms with Crippen LogP contribution in [0.2, 0.25) is 0 Å². The van der Waals surface area contributed by atoms with Crippen LogP contribution in [0.4, 0.5) is 5.69 Å². The van der Waals surface area contributed by atoms with Crippen molar-refractivity contribution in [1.82, 2.24) is 0 Å². The van der Waals surface area contributed by atoms with Crippen LogP contribution < -0.4 is 14.8 Å². The first-order valence-electron chi connectivity index (χ1n) is 9.81. The smallest absolute Gasteiger partial charge is 0.344 e. The Labute approximate surface area is 177 Å². The number of carbonyl (C=O) groups is 2. The predicted molar refractivity (Wildman–Crippen MR) is 117 cm³/mol. The molecule has 6 heteroatoms. The van der Waals surface area contributed by atoms with Gasteiger partial charge in [0.1, 0.15) is 0 Å². The Bertz CT molecular complexity index is 904. The molecule has 0 fully saturated rings. The molecule has 0 saturated heterocycles. The number of esters is 1. The van der Waals surface area contributed by atoms with Gasteiger partial charge in [-0.3, -0.25) is 4.79 Å². The predicted octanol–water partition coefficient (Wildman–Crippen LogP) is 4.42. The number of nitrogens with one attached hydrogen (secondary N) is 1. The molecule has 0 saturated carbocycles. The van der Waals surface area contributed by atoms with Gasteiger partial charge in [0.2, 0.25) is 0 Å². The Morgan fingerprint density at radius 1 is 1.13 bits per heavy atom. The largest absolute Gasteiger partial charge is 0.493 e. The van der Waals surface area contributed by atoms with Crippen molar-refractivity contribution in [2.45, 2.75) is 33.1 Å². The molecule has 6 nitrogen and oxygen atoms in total. The second-order valence-electron chi connectivity index (χ2n) is 7.17. The van der Waals surface area contributed by atoms with E-state index in [9.17, 15) is 9.59 Å². The fourth-order valence-corrected chi connectivity index (χ4v) is 2.97. The van der Waals surface area contributed by atoms with E-state index in [1.165, 1.54) is 7.11 Å². The maximum atomic E-state index is 12.3. The van der Waals surface area contributed by atoms with Crippen LogP contribution in [0.25, 0.3) is 0 Å². The minimum atomic E-state index is -0.642. The zero-order valence-corrected chi connectivity index (χ0v) is 18.0. The summed E-state index contributed by atoms with van der Waals surface area (Å²) in [6, 6.07) is 11.3. The van der Waals surface area contributed by atoms with Crippen LogP contribution >= 0.6 is 0 Å².